The Balaban J connectivity index is 1.06. The molecule has 4 aliphatic rings. The number of fused-ring (bicyclic) bond motifs is 1. The zero-order valence-electron chi connectivity index (χ0n) is 27.5. The number of likely N-dealkylation sites (tertiary alicyclic amines) is 1. The molecule has 252 valence electrons. The number of hydrogen-bond donors (Lipinski definition) is 2. The molecular weight excluding hydrogens is 618 g/mol. The normalized spacial score (nSPS) is 21.6. The molecular formula is C36H46ClN5O5. The van der Waals surface area contributed by atoms with Gasteiger partial charge in [0.2, 0.25) is 5.91 Å². The van der Waals surface area contributed by atoms with Gasteiger partial charge in [0.05, 0.1) is 48.7 Å². The first-order valence-electron chi connectivity index (χ1n) is 17.0. The summed E-state index contributed by atoms with van der Waals surface area (Å²) >= 11 is 6.58. The summed E-state index contributed by atoms with van der Waals surface area (Å²) in [5, 5.41) is 8.03. The van der Waals surface area contributed by atoms with Crippen LogP contribution in [-0.4, -0.2) is 73.4 Å². The number of methoxy groups -OCH3 is 1. The molecule has 2 aromatic rings. The molecule has 47 heavy (non-hydrogen) atoms. The number of amides is 3. The van der Waals surface area contributed by atoms with Crippen molar-refractivity contribution in [1.82, 2.24) is 20.2 Å². The molecule has 1 aromatic carbocycles. The second-order valence-electron chi connectivity index (χ2n) is 13.3. The molecule has 2 unspecified atom stereocenters. The predicted molar refractivity (Wildman–Crippen MR) is 181 cm³/mol. The number of nitrogens with zero attached hydrogens (tertiary/aromatic N) is 3. The summed E-state index contributed by atoms with van der Waals surface area (Å²) in [5.41, 5.74) is 3.14. The van der Waals surface area contributed by atoms with Gasteiger partial charge in [-0.05, 0) is 68.6 Å². The van der Waals surface area contributed by atoms with Crippen LogP contribution in [0, 0.1) is 5.41 Å². The lowest BCUT2D eigenvalue weighted by atomic mass is 9.77. The van der Waals surface area contributed by atoms with Crippen molar-refractivity contribution in [3.63, 3.8) is 0 Å². The number of benzene rings is 1. The van der Waals surface area contributed by atoms with Crippen LogP contribution in [0.3, 0.4) is 0 Å². The van der Waals surface area contributed by atoms with E-state index in [4.69, 9.17) is 30.8 Å². The minimum Gasteiger partial charge on any atom is -0.497 e. The van der Waals surface area contributed by atoms with Crippen LogP contribution in [-0.2, 0) is 19.0 Å². The van der Waals surface area contributed by atoms with Crippen molar-refractivity contribution in [3.05, 3.63) is 62.9 Å². The van der Waals surface area contributed by atoms with Gasteiger partial charge >= 0.3 is 6.03 Å². The van der Waals surface area contributed by atoms with Gasteiger partial charge in [-0.25, -0.2) is 14.8 Å². The summed E-state index contributed by atoms with van der Waals surface area (Å²) in [5.74, 6) is 2.21. The summed E-state index contributed by atoms with van der Waals surface area (Å²) in [4.78, 5) is 36.3. The first-order valence-corrected chi connectivity index (χ1v) is 17.4. The molecule has 2 N–H and O–H groups in total. The van der Waals surface area contributed by atoms with Gasteiger partial charge in [0.1, 0.15) is 12.1 Å². The molecule has 11 heteroatoms. The standard InChI is InChI=1S/C36H46ClN5O5/c1-3-14-38-35(44)41-29-10-8-25(19-28(29)37)24-6-7-26(18-24)34-27-9-11-31(45-2)32(20-30(27)39-23-40-34)47-17-4-5-33(43)42-15-12-36(13-16-42)21-46-22-36/h8-10,19-20,23-24,26H,3-7,11-18,21-22H2,1-2H3,(H2,38,41,44). The maximum absolute atomic E-state index is 12.8. The van der Waals surface area contributed by atoms with Crippen molar-refractivity contribution in [2.24, 2.45) is 5.41 Å². The minimum atomic E-state index is -0.249. The summed E-state index contributed by atoms with van der Waals surface area (Å²) in [6.45, 7) is 6.38. The van der Waals surface area contributed by atoms with Gasteiger partial charge < -0.3 is 29.7 Å². The first-order chi connectivity index (χ1) is 22.9. The van der Waals surface area contributed by atoms with Crippen LogP contribution in [0.25, 0.3) is 12.2 Å². The fourth-order valence-corrected chi connectivity index (χ4v) is 7.41. The van der Waals surface area contributed by atoms with Crippen LogP contribution in [0.4, 0.5) is 10.5 Å². The zero-order valence-corrected chi connectivity index (χ0v) is 28.2. The van der Waals surface area contributed by atoms with Gasteiger partial charge in [0.25, 0.3) is 0 Å². The quantitative estimate of drug-likeness (QED) is 0.326. The van der Waals surface area contributed by atoms with Crippen molar-refractivity contribution in [2.45, 2.75) is 76.5 Å². The molecule has 2 aliphatic heterocycles. The maximum Gasteiger partial charge on any atom is 0.319 e. The Labute approximate surface area is 281 Å². The molecule has 3 amide bonds. The van der Waals surface area contributed by atoms with E-state index < -0.39 is 0 Å². The molecule has 3 heterocycles. The van der Waals surface area contributed by atoms with E-state index in [1.165, 1.54) is 5.56 Å². The minimum absolute atomic E-state index is 0.199. The van der Waals surface area contributed by atoms with Gasteiger partial charge in [-0.1, -0.05) is 30.7 Å². The average molecular weight is 664 g/mol. The number of halogens is 1. The van der Waals surface area contributed by atoms with Crippen molar-refractivity contribution in [2.75, 3.05) is 51.9 Å². The largest absolute Gasteiger partial charge is 0.497 e. The fraction of sp³-hybridized carbons (Fsp3) is 0.556. The number of nitrogens with one attached hydrogen (secondary N) is 2. The fourth-order valence-electron chi connectivity index (χ4n) is 7.18. The van der Waals surface area contributed by atoms with Crippen LogP contribution >= 0.6 is 11.6 Å². The van der Waals surface area contributed by atoms with Gasteiger partial charge in [-0.15, -0.1) is 0 Å². The Bertz CT molecular complexity index is 1610. The highest BCUT2D eigenvalue weighted by Crippen LogP contribution is 2.43. The van der Waals surface area contributed by atoms with Crippen LogP contribution < -0.4 is 21.2 Å². The van der Waals surface area contributed by atoms with Crippen LogP contribution in [0.2, 0.25) is 5.02 Å². The molecule has 2 saturated heterocycles. The van der Waals surface area contributed by atoms with E-state index in [0.29, 0.717) is 60.2 Å². The van der Waals surface area contributed by atoms with Crippen LogP contribution in [0.1, 0.15) is 87.8 Å². The molecule has 3 fully saturated rings. The second-order valence-corrected chi connectivity index (χ2v) is 13.7. The molecule has 0 bridgehead atoms. The number of piperidine rings is 1. The number of rotatable bonds is 11. The van der Waals surface area contributed by atoms with Gasteiger partial charge in [-0.3, -0.25) is 4.79 Å². The van der Waals surface area contributed by atoms with Crippen molar-refractivity contribution >= 4 is 41.4 Å². The smallest absolute Gasteiger partial charge is 0.319 e. The summed E-state index contributed by atoms with van der Waals surface area (Å²) in [6.07, 6.45) is 13.3. The maximum atomic E-state index is 12.8. The molecule has 2 atom stereocenters. The first kappa shape index (κ1) is 33.3. The highest BCUT2D eigenvalue weighted by molar-refractivity contribution is 6.33. The molecule has 0 radical (unpaired) electrons. The average Bonchev–Trinajstić information content (AvgIpc) is 3.49. The SMILES string of the molecule is CCCNC(=O)Nc1ccc(C2CCC(c3ncnc4c3=CCC(OC)=C(OCCCC(=O)N3CCC5(CC3)COC5)C=4)C2)cc1Cl. The lowest BCUT2D eigenvalue weighted by Gasteiger charge is -2.47. The van der Waals surface area contributed by atoms with Gasteiger partial charge in [-0.2, -0.15) is 0 Å². The molecule has 1 aromatic heterocycles. The monoisotopic (exact) mass is 663 g/mol. The summed E-state index contributed by atoms with van der Waals surface area (Å²) in [6, 6.07) is 5.68. The third kappa shape index (κ3) is 7.75. The Morgan fingerprint density at radius 1 is 1.15 bits per heavy atom. The number of carbonyl (C=O) groups is 2. The van der Waals surface area contributed by atoms with E-state index in [-0.39, 0.29) is 17.9 Å². The Hall–Kier alpha value is -3.63. The Morgan fingerprint density at radius 3 is 2.68 bits per heavy atom. The van der Waals surface area contributed by atoms with Crippen molar-refractivity contribution < 1.29 is 23.8 Å². The number of anilines is 1. The Morgan fingerprint density at radius 2 is 1.96 bits per heavy atom. The van der Waals surface area contributed by atoms with E-state index in [1.54, 1.807) is 13.4 Å². The highest BCUT2D eigenvalue weighted by atomic mass is 35.5. The summed E-state index contributed by atoms with van der Waals surface area (Å²) in [7, 11) is 1.66. The van der Waals surface area contributed by atoms with Gasteiger partial charge in [0.15, 0.2) is 5.76 Å². The van der Waals surface area contributed by atoms with E-state index in [1.807, 2.05) is 30.0 Å². The third-order valence-corrected chi connectivity index (χ3v) is 10.4. The predicted octanol–water partition coefficient (Wildman–Crippen LogP) is 4.97. The lowest BCUT2D eigenvalue weighted by molar-refractivity contribution is -0.153. The number of allylic oxidation sites excluding steroid dienone is 2. The second kappa shape index (κ2) is 15.1. The third-order valence-electron chi connectivity index (χ3n) is 10.1. The van der Waals surface area contributed by atoms with E-state index >= 15 is 0 Å². The number of ether oxygens (including phenoxy) is 3. The number of carbonyl (C=O) groups excluding carboxylic acids is 2. The number of urea groups is 1. The molecule has 2 aliphatic carbocycles. The molecule has 10 nitrogen and oxygen atoms in total. The molecule has 6 rings (SSSR count). The van der Waals surface area contributed by atoms with E-state index in [0.717, 1.165) is 86.8 Å². The highest BCUT2D eigenvalue weighted by Gasteiger charge is 2.41. The van der Waals surface area contributed by atoms with Crippen LogP contribution in [0.15, 0.2) is 36.0 Å². The van der Waals surface area contributed by atoms with Crippen molar-refractivity contribution in [3.8, 4) is 0 Å². The van der Waals surface area contributed by atoms with Crippen LogP contribution in [0.5, 0.6) is 0 Å². The lowest BCUT2D eigenvalue weighted by Crippen LogP contribution is -2.52. The molecule has 1 saturated carbocycles. The Kier molecular flexibility index (Phi) is 10.7. The van der Waals surface area contributed by atoms with Crippen molar-refractivity contribution in [1.29, 1.82) is 0 Å². The van der Waals surface area contributed by atoms with Gasteiger partial charge in [0, 0.05) is 55.1 Å². The molecule has 1 spiro atoms. The zero-order chi connectivity index (χ0) is 32.8. The summed E-state index contributed by atoms with van der Waals surface area (Å²) < 4.78 is 17.4. The number of aromatic nitrogens is 2. The topological polar surface area (TPSA) is 115 Å². The van der Waals surface area contributed by atoms with E-state index in [9.17, 15) is 9.59 Å². The number of hydrogen-bond acceptors (Lipinski definition) is 7. The van der Waals surface area contributed by atoms with E-state index in [2.05, 4.69) is 27.8 Å².